The van der Waals surface area contributed by atoms with Crippen LogP contribution in [0.2, 0.25) is 0 Å². The molecular formula is C16H16N2O2. The number of hydrogen-bond acceptors (Lipinski definition) is 3. The number of anilines is 1. The van der Waals surface area contributed by atoms with Crippen LogP contribution in [0.1, 0.15) is 25.0 Å². The smallest absolute Gasteiger partial charge is 0.269 e. The summed E-state index contributed by atoms with van der Waals surface area (Å²) in [7, 11) is 0. The fourth-order valence-electron chi connectivity index (χ4n) is 2.16. The van der Waals surface area contributed by atoms with Crippen LogP contribution in [-0.2, 0) is 11.2 Å². The van der Waals surface area contributed by atoms with Crippen molar-refractivity contribution < 1.29 is 9.53 Å². The van der Waals surface area contributed by atoms with Gasteiger partial charge in [-0.1, -0.05) is 30.3 Å². The van der Waals surface area contributed by atoms with E-state index in [0.717, 1.165) is 12.0 Å². The molecule has 0 saturated carbocycles. The standard InChI is InChI=1S/C16H16N2O2/c1-16(2)15(19)18-14-13(20-16)9-12(10-17-14)8-11-6-4-3-5-7-11/h3-7,9-10H,8H2,1-2H3,(H,17,18,19). The molecule has 20 heavy (non-hydrogen) atoms. The van der Waals surface area contributed by atoms with Crippen molar-refractivity contribution in [3.05, 3.63) is 53.7 Å². The third-order valence-corrected chi connectivity index (χ3v) is 3.30. The highest BCUT2D eigenvalue weighted by Gasteiger charge is 2.36. The Morgan fingerprint density at radius 3 is 2.70 bits per heavy atom. The number of hydrogen-bond donors (Lipinski definition) is 1. The molecule has 1 N–H and O–H groups in total. The second-order valence-corrected chi connectivity index (χ2v) is 5.42. The van der Waals surface area contributed by atoms with E-state index in [9.17, 15) is 4.79 Å². The van der Waals surface area contributed by atoms with Crippen molar-refractivity contribution in [2.45, 2.75) is 25.9 Å². The van der Waals surface area contributed by atoms with Crippen molar-refractivity contribution in [1.82, 2.24) is 4.98 Å². The molecule has 1 amide bonds. The van der Waals surface area contributed by atoms with Crippen molar-refractivity contribution in [1.29, 1.82) is 0 Å². The largest absolute Gasteiger partial charge is 0.474 e. The summed E-state index contributed by atoms with van der Waals surface area (Å²) in [6.45, 7) is 3.49. The van der Waals surface area contributed by atoms with Gasteiger partial charge in [-0.05, 0) is 37.5 Å². The maximum Gasteiger partial charge on any atom is 0.269 e. The lowest BCUT2D eigenvalue weighted by molar-refractivity contribution is -0.129. The maximum absolute atomic E-state index is 11.8. The van der Waals surface area contributed by atoms with Crippen LogP contribution in [0, 0.1) is 0 Å². The summed E-state index contributed by atoms with van der Waals surface area (Å²) in [5, 5.41) is 2.77. The number of ether oxygens (including phenoxy) is 1. The highest BCUT2D eigenvalue weighted by atomic mass is 16.5. The van der Waals surface area contributed by atoms with Gasteiger partial charge in [-0.3, -0.25) is 4.79 Å². The molecule has 0 spiro atoms. The molecule has 0 radical (unpaired) electrons. The molecule has 1 aliphatic heterocycles. The molecule has 0 aliphatic carbocycles. The Kier molecular flexibility index (Phi) is 2.93. The van der Waals surface area contributed by atoms with E-state index in [4.69, 9.17) is 4.74 Å². The van der Waals surface area contributed by atoms with Gasteiger partial charge in [-0.25, -0.2) is 4.98 Å². The van der Waals surface area contributed by atoms with Gasteiger partial charge in [-0.2, -0.15) is 0 Å². The van der Waals surface area contributed by atoms with Crippen molar-refractivity contribution in [2.75, 3.05) is 5.32 Å². The third kappa shape index (κ3) is 2.37. The number of aromatic nitrogens is 1. The van der Waals surface area contributed by atoms with Crippen molar-refractivity contribution in [3.8, 4) is 5.75 Å². The molecule has 4 nitrogen and oxygen atoms in total. The van der Waals surface area contributed by atoms with Gasteiger partial charge in [0, 0.05) is 6.20 Å². The van der Waals surface area contributed by atoms with Crippen LogP contribution in [0.15, 0.2) is 42.6 Å². The summed E-state index contributed by atoms with van der Waals surface area (Å²) >= 11 is 0. The molecule has 1 aromatic heterocycles. The molecular weight excluding hydrogens is 252 g/mol. The topological polar surface area (TPSA) is 51.2 Å². The van der Waals surface area contributed by atoms with Gasteiger partial charge in [0.25, 0.3) is 5.91 Å². The van der Waals surface area contributed by atoms with Crippen molar-refractivity contribution in [3.63, 3.8) is 0 Å². The van der Waals surface area contributed by atoms with Crippen LogP contribution in [0.4, 0.5) is 5.82 Å². The monoisotopic (exact) mass is 268 g/mol. The molecule has 0 unspecified atom stereocenters. The first-order valence-electron chi connectivity index (χ1n) is 6.58. The number of benzene rings is 1. The summed E-state index contributed by atoms with van der Waals surface area (Å²) in [6.07, 6.45) is 2.56. The zero-order valence-electron chi connectivity index (χ0n) is 11.5. The second kappa shape index (κ2) is 4.63. The summed E-state index contributed by atoms with van der Waals surface area (Å²) in [5.41, 5.74) is 1.41. The highest BCUT2D eigenvalue weighted by molar-refractivity contribution is 5.99. The Balaban J connectivity index is 1.88. The van der Waals surface area contributed by atoms with Crippen LogP contribution >= 0.6 is 0 Å². The van der Waals surface area contributed by atoms with E-state index in [-0.39, 0.29) is 5.91 Å². The van der Waals surface area contributed by atoms with Crippen LogP contribution in [0.25, 0.3) is 0 Å². The van der Waals surface area contributed by atoms with Crippen LogP contribution in [-0.4, -0.2) is 16.5 Å². The number of amides is 1. The van der Waals surface area contributed by atoms with E-state index in [1.807, 2.05) is 24.3 Å². The van der Waals surface area contributed by atoms with Crippen molar-refractivity contribution >= 4 is 11.7 Å². The quantitative estimate of drug-likeness (QED) is 0.911. The SMILES string of the molecule is CC1(C)Oc2cc(Cc3ccccc3)cnc2NC1=O. The van der Waals surface area contributed by atoms with Gasteiger partial charge in [0.15, 0.2) is 17.2 Å². The predicted molar refractivity (Wildman–Crippen MR) is 76.8 cm³/mol. The van der Waals surface area contributed by atoms with Gasteiger partial charge in [0.2, 0.25) is 0 Å². The average molecular weight is 268 g/mol. The molecule has 4 heteroatoms. The van der Waals surface area contributed by atoms with Gasteiger partial charge in [-0.15, -0.1) is 0 Å². The molecule has 0 fully saturated rings. The first kappa shape index (κ1) is 12.7. The molecule has 0 atom stereocenters. The van der Waals surface area contributed by atoms with Gasteiger partial charge in [0.1, 0.15) is 0 Å². The van der Waals surface area contributed by atoms with Crippen molar-refractivity contribution in [2.24, 2.45) is 0 Å². The Bertz CT molecular complexity index is 651. The Morgan fingerprint density at radius 1 is 1.20 bits per heavy atom. The number of nitrogens with one attached hydrogen (secondary N) is 1. The second-order valence-electron chi connectivity index (χ2n) is 5.42. The lowest BCUT2D eigenvalue weighted by atomic mass is 10.0. The summed E-state index contributed by atoms with van der Waals surface area (Å²) < 4.78 is 5.74. The van der Waals surface area contributed by atoms with Crippen LogP contribution < -0.4 is 10.1 Å². The molecule has 102 valence electrons. The van der Waals surface area contributed by atoms with E-state index >= 15 is 0 Å². The summed E-state index contributed by atoms with van der Waals surface area (Å²) in [5.74, 6) is 0.947. The fraction of sp³-hybridized carbons (Fsp3) is 0.250. The summed E-state index contributed by atoms with van der Waals surface area (Å²) in [4.78, 5) is 16.1. The number of pyridine rings is 1. The van der Waals surface area contributed by atoms with Gasteiger partial charge < -0.3 is 10.1 Å². The number of fused-ring (bicyclic) bond motifs is 1. The van der Waals surface area contributed by atoms with E-state index in [0.29, 0.717) is 11.6 Å². The predicted octanol–water partition coefficient (Wildman–Crippen LogP) is 2.78. The lowest BCUT2D eigenvalue weighted by Gasteiger charge is -2.30. The normalized spacial score (nSPS) is 16.0. The minimum Gasteiger partial charge on any atom is -0.474 e. The molecule has 1 aliphatic rings. The lowest BCUT2D eigenvalue weighted by Crippen LogP contribution is -2.46. The Labute approximate surface area is 117 Å². The minimum absolute atomic E-state index is 0.173. The van der Waals surface area contributed by atoms with E-state index < -0.39 is 5.60 Å². The van der Waals surface area contributed by atoms with E-state index in [1.165, 1.54) is 5.56 Å². The Hall–Kier alpha value is -2.36. The Morgan fingerprint density at radius 2 is 1.95 bits per heavy atom. The van der Waals surface area contributed by atoms with Crippen LogP contribution in [0.3, 0.4) is 0 Å². The summed E-state index contributed by atoms with van der Waals surface area (Å²) in [6, 6.07) is 12.1. The molecule has 3 rings (SSSR count). The first-order valence-corrected chi connectivity index (χ1v) is 6.58. The highest BCUT2D eigenvalue weighted by Crippen LogP contribution is 2.32. The molecule has 1 aromatic carbocycles. The maximum atomic E-state index is 11.8. The zero-order valence-corrected chi connectivity index (χ0v) is 11.5. The third-order valence-electron chi connectivity index (χ3n) is 3.30. The first-order chi connectivity index (χ1) is 9.54. The van der Waals surface area contributed by atoms with Gasteiger partial charge in [0.05, 0.1) is 0 Å². The number of carbonyl (C=O) groups is 1. The molecule has 2 aromatic rings. The molecule has 0 saturated heterocycles. The average Bonchev–Trinajstić information content (AvgIpc) is 2.41. The minimum atomic E-state index is -0.861. The fourth-order valence-corrected chi connectivity index (χ4v) is 2.16. The number of rotatable bonds is 2. The molecule has 0 bridgehead atoms. The van der Waals surface area contributed by atoms with Gasteiger partial charge >= 0.3 is 0 Å². The van der Waals surface area contributed by atoms with E-state index in [1.54, 1.807) is 20.0 Å². The molecule has 2 heterocycles. The number of carbonyl (C=O) groups excluding carboxylic acids is 1. The zero-order chi connectivity index (χ0) is 14.2. The number of nitrogens with zero attached hydrogens (tertiary/aromatic N) is 1. The van der Waals surface area contributed by atoms with Crippen LogP contribution in [0.5, 0.6) is 5.75 Å². The van der Waals surface area contributed by atoms with E-state index in [2.05, 4.69) is 22.4 Å².